The van der Waals surface area contributed by atoms with E-state index in [1.807, 2.05) is 18.2 Å². The van der Waals surface area contributed by atoms with Gasteiger partial charge in [0.25, 0.3) is 5.69 Å². The summed E-state index contributed by atoms with van der Waals surface area (Å²) in [6, 6.07) is 18.5. The molecule has 5 rings (SSSR count). The van der Waals surface area contributed by atoms with Crippen molar-refractivity contribution in [3.8, 4) is 0 Å². The SMILES string of the molecule is O=[N+]([O-])c1cc(C(F)(F)F)ccc1N1CCc2ccccc21.c1ccc2c(c1)CCN2. The summed E-state index contributed by atoms with van der Waals surface area (Å²) < 4.78 is 38.2. The van der Waals surface area contributed by atoms with Gasteiger partial charge < -0.3 is 10.2 Å². The summed E-state index contributed by atoms with van der Waals surface area (Å²) >= 11 is 0. The van der Waals surface area contributed by atoms with Crippen LogP contribution in [0.3, 0.4) is 0 Å². The summed E-state index contributed by atoms with van der Waals surface area (Å²) in [5, 5.41) is 14.5. The maximum atomic E-state index is 12.7. The molecular formula is C23H20F3N3O2. The van der Waals surface area contributed by atoms with Crippen LogP contribution in [-0.4, -0.2) is 18.0 Å². The standard InChI is InChI=1S/C15H11F3N2O2.C8H9N/c16-15(17,18)11-5-6-13(14(9-11)20(21)22)19-8-7-10-3-1-2-4-12(10)19;1-2-4-8-7(3-1)5-6-9-8/h1-6,9H,7-8H2;1-4,9H,5-6H2. The Bertz CT molecular complexity index is 1090. The zero-order valence-corrected chi connectivity index (χ0v) is 16.5. The van der Waals surface area contributed by atoms with Crippen molar-refractivity contribution >= 4 is 22.7 Å². The first-order valence-corrected chi connectivity index (χ1v) is 9.87. The van der Waals surface area contributed by atoms with E-state index in [9.17, 15) is 23.3 Å². The molecule has 3 aromatic carbocycles. The quantitative estimate of drug-likeness (QED) is 0.405. The third kappa shape index (κ3) is 4.33. The monoisotopic (exact) mass is 427 g/mol. The summed E-state index contributed by atoms with van der Waals surface area (Å²) in [4.78, 5) is 12.1. The van der Waals surface area contributed by atoms with Crippen LogP contribution in [0.25, 0.3) is 0 Å². The first kappa shape index (κ1) is 20.7. The van der Waals surface area contributed by atoms with E-state index in [2.05, 4.69) is 29.6 Å². The fourth-order valence-corrected chi connectivity index (χ4v) is 3.91. The lowest BCUT2D eigenvalue weighted by Gasteiger charge is -2.20. The van der Waals surface area contributed by atoms with Gasteiger partial charge in [0.05, 0.1) is 10.5 Å². The molecule has 2 heterocycles. The Morgan fingerprint density at radius 3 is 2.32 bits per heavy atom. The van der Waals surface area contributed by atoms with Crippen molar-refractivity contribution in [2.24, 2.45) is 0 Å². The molecule has 8 heteroatoms. The highest BCUT2D eigenvalue weighted by Gasteiger charge is 2.34. The van der Waals surface area contributed by atoms with Gasteiger partial charge in [0.15, 0.2) is 0 Å². The number of para-hydroxylation sites is 2. The number of halogens is 3. The molecule has 160 valence electrons. The van der Waals surface area contributed by atoms with Gasteiger partial charge in [0.1, 0.15) is 5.69 Å². The lowest BCUT2D eigenvalue weighted by atomic mass is 10.1. The van der Waals surface area contributed by atoms with Crippen LogP contribution in [0, 0.1) is 10.1 Å². The topological polar surface area (TPSA) is 58.4 Å². The lowest BCUT2D eigenvalue weighted by Crippen LogP contribution is -2.16. The first-order chi connectivity index (χ1) is 14.8. The largest absolute Gasteiger partial charge is 0.416 e. The number of alkyl halides is 3. The third-order valence-corrected chi connectivity index (χ3v) is 5.40. The van der Waals surface area contributed by atoms with E-state index in [0.717, 1.165) is 23.9 Å². The van der Waals surface area contributed by atoms with Crippen LogP contribution in [0.15, 0.2) is 66.7 Å². The normalized spacial score (nSPS) is 14.2. The Hall–Kier alpha value is -3.55. The van der Waals surface area contributed by atoms with E-state index < -0.39 is 22.4 Å². The van der Waals surface area contributed by atoms with E-state index in [-0.39, 0.29) is 5.69 Å². The highest BCUT2D eigenvalue weighted by Crippen LogP contribution is 2.41. The average Bonchev–Trinajstić information content (AvgIpc) is 3.40. The molecule has 0 saturated carbocycles. The fourth-order valence-electron chi connectivity index (χ4n) is 3.91. The minimum atomic E-state index is -4.60. The molecule has 0 aromatic heterocycles. The minimum absolute atomic E-state index is 0.183. The highest BCUT2D eigenvalue weighted by molar-refractivity contribution is 5.76. The Kier molecular flexibility index (Phi) is 5.54. The molecule has 0 spiro atoms. The van der Waals surface area contributed by atoms with E-state index in [4.69, 9.17) is 0 Å². The van der Waals surface area contributed by atoms with Crippen molar-refractivity contribution in [3.63, 3.8) is 0 Å². The predicted molar refractivity (Wildman–Crippen MR) is 114 cm³/mol. The summed E-state index contributed by atoms with van der Waals surface area (Å²) in [6.07, 6.45) is -2.71. The van der Waals surface area contributed by atoms with Gasteiger partial charge in [-0.3, -0.25) is 10.1 Å². The van der Waals surface area contributed by atoms with Crippen LogP contribution in [0.5, 0.6) is 0 Å². The second kappa shape index (κ2) is 8.29. The lowest BCUT2D eigenvalue weighted by molar-refractivity contribution is -0.384. The summed E-state index contributed by atoms with van der Waals surface area (Å²) in [5.41, 5.74) is 3.22. The van der Waals surface area contributed by atoms with Gasteiger partial charge in [-0.1, -0.05) is 36.4 Å². The second-order valence-corrected chi connectivity index (χ2v) is 7.32. The maximum absolute atomic E-state index is 12.7. The molecule has 0 aliphatic carbocycles. The van der Waals surface area contributed by atoms with Crippen molar-refractivity contribution in [3.05, 3.63) is 93.5 Å². The first-order valence-electron chi connectivity index (χ1n) is 9.87. The number of benzene rings is 3. The smallest absolute Gasteiger partial charge is 0.384 e. The molecule has 2 aliphatic rings. The zero-order chi connectivity index (χ0) is 22.0. The Labute approximate surface area is 177 Å². The van der Waals surface area contributed by atoms with Crippen molar-refractivity contribution in [1.29, 1.82) is 0 Å². The number of hydrogen-bond acceptors (Lipinski definition) is 4. The van der Waals surface area contributed by atoms with Crippen molar-refractivity contribution in [2.45, 2.75) is 19.0 Å². The molecule has 3 aromatic rings. The van der Waals surface area contributed by atoms with Crippen LogP contribution in [0.4, 0.5) is 35.9 Å². The number of hydrogen-bond donors (Lipinski definition) is 1. The molecule has 0 bridgehead atoms. The molecule has 31 heavy (non-hydrogen) atoms. The Morgan fingerprint density at radius 2 is 1.61 bits per heavy atom. The molecule has 0 unspecified atom stereocenters. The Balaban J connectivity index is 0.000000212. The number of nitrogens with zero attached hydrogens (tertiary/aromatic N) is 2. The molecule has 0 amide bonds. The van der Waals surface area contributed by atoms with E-state index in [1.165, 1.54) is 23.7 Å². The molecule has 0 radical (unpaired) electrons. The molecule has 0 fully saturated rings. The predicted octanol–water partition coefficient (Wildman–Crippen LogP) is 5.96. The second-order valence-electron chi connectivity index (χ2n) is 7.32. The van der Waals surface area contributed by atoms with Crippen LogP contribution >= 0.6 is 0 Å². The summed E-state index contributed by atoms with van der Waals surface area (Å²) in [6.45, 7) is 1.62. The number of anilines is 3. The number of nitro groups is 1. The van der Waals surface area contributed by atoms with E-state index in [1.54, 1.807) is 11.0 Å². The fraction of sp³-hybridized carbons (Fsp3) is 0.217. The number of rotatable bonds is 2. The minimum Gasteiger partial charge on any atom is -0.384 e. The number of nitro benzene ring substituents is 1. The van der Waals surface area contributed by atoms with E-state index in [0.29, 0.717) is 19.0 Å². The Morgan fingerprint density at radius 1 is 0.903 bits per heavy atom. The van der Waals surface area contributed by atoms with Gasteiger partial charge in [-0.15, -0.1) is 0 Å². The summed E-state index contributed by atoms with van der Waals surface area (Å²) in [5.74, 6) is 0. The van der Waals surface area contributed by atoms with Crippen molar-refractivity contribution in [1.82, 2.24) is 0 Å². The molecule has 0 saturated heterocycles. The molecule has 1 N–H and O–H groups in total. The molecule has 0 atom stereocenters. The van der Waals surface area contributed by atoms with Crippen LogP contribution in [0.2, 0.25) is 0 Å². The highest BCUT2D eigenvalue weighted by atomic mass is 19.4. The number of fused-ring (bicyclic) bond motifs is 2. The van der Waals surface area contributed by atoms with Gasteiger partial charge in [0.2, 0.25) is 0 Å². The van der Waals surface area contributed by atoms with Crippen molar-refractivity contribution < 1.29 is 18.1 Å². The van der Waals surface area contributed by atoms with E-state index >= 15 is 0 Å². The van der Waals surface area contributed by atoms with Crippen LogP contribution in [-0.2, 0) is 19.0 Å². The maximum Gasteiger partial charge on any atom is 0.416 e. The molecular weight excluding hydrogens is 407 g/mol. The molecule has 5 nitrogen and oxygen atoms in total. The molecule has 2 aliphatic heterocycles. The average molecular weight is 427 g/mol. The van der Waals surface area contributed by atoms with Crippen LogP contribution < -0.4 is 10.2 Å². The van der Waals surface area contributed by atoms with Gasteiger partial charge in [-0.25, -0.2) is 0 Å². The van der Waals surface area contributed by atoms with Gasteiger partial charge in [-0.2, -0.15) is 13.2 Å². The van der Waals surface area contributed by atoms with Crippen LogP contribution in [0.1, 0.15) is 16.7 Å². The van der Waals surface area contributed by atoms with Gasteiger partial charge in [0, 0.05) is 30.5 Å². The third-order valence-electron chi connectivity index (χ3n) is 5.40. The van der Waals surface area contributed by atoms with Gasteiger partial charge in [-0.05, 0) is 48.2 Å². The zero-order valence-electron chi connectivity index (χ0n) is 16.5. The van der Waals surface area contributed by atoms with Crippen molar-refractivity contribution in [2.75, 3.05) is 23.3 Å². The van der Waals surface area contributed by atoms with Gasteiger partial charge >= 0.3 is 6.18 Å². The summed E-state index contributed by atoms with van der Waals surface area (Å²) in [7, 11) is 0. The number of nitrogens with one attached hydrogen (secondary N) is 1.